The van der Waals surface area contributed by atoms with Gasteiger partial charge in [0, 0.05) is 12.7 Å². The summed E-state index contributed by atoms with van der Waals surface area (Å²) in [4.78, 5) is 15.6. The molecule has 1 N–H and O–H groups in total. The molecule has 20 heavy (non-hydrogen) atoms. The first-order valence-electron chi connectivity index (χ1n) is 6.55. The molecule has 0 unspecified atom stereocenters. The molecule has 0 saturated heterocycles. The molecule has 110 valence electrons. The molecule has 0 aliphatic carbocycles. The molecule has 5 nitrogen and oxygen atoms in total. The molecular formula is C15H22N2O3. The van der Waals surface area contributed by atoms with Gasteiger partial charge in [0.25, 0.3) is 0 Å². The van der Waals surface area contributed by atoms with Crippen LogP contribution in [0.15, 0.2) is 24.4 Å². The van der Waals surface area contributed by atoms with Gasteiger partial charge < -0.3 is 14.8 Å². The molecule has 5 heteroatoms. The lowest BCUT2D eigenvalue weighted by atomic mass is 10.2. The Morgan fingerprint density at radius 2 is 2.20 bits per heavy atom. The highest BCUT2D eigenvalue weighted by Crippen LogP contribution is 2.15. The zero-order valence-electron chi connectivity index (χ0n) is 12.5. The third-order valence-electron chi connectivity index (χ3n) is 2.27. The fourth-order valence-electron chi connectivity index (χ4n) is 1.47. The molecule has 0 aromatic carbocycles. The van der Waals surface area contributed by atoms with Crippen LogP contribution in [0.4, 0.5) is 4.79 Å². The fourth-order valence-corrected chi connectivity index (χ4v) is 1.47. The van der Waals surface area contributed by atoms with E-state index in [4.69, 9.17) is 9.47 Å². The van der Waals surface area contributed by atoms with Crippen LogP contribution in [-0.2, 0) is 4.74 Å². The predicted molar refractivity (Wildman–Crippen MR) is 78.7 cm³/mol. The molecule has 0 atom stereocenters. The van der Waals surface area contributed by atoms with Crippen molar-refractivity contribution in [2.45, 2.75) is 32.8 Å². The van der Waals surface area contributed by atoms with E-state index in [-0.39, 0.29) is 0 Å². The summed E-state index contributed by atoms with van der Waals surface area (Å²) >= 11 is 0. The van der Waals surface area contributed by atoms with Crippen molar-refractivity contribution in [3.05, 3.63) is 30.1 Å². The van der Waals surface area contributed by atoms with Gasteiger partial charge in [0.2, 0.25) is 0 Å². The third-order valence-corrected chi connectivity index (χ3v) is 2.27. The van der Waals surface area contributed by atoms with Gasteiger partial charge in [-0.15, -0.1) is 0 Å². The second kappa shape index (κ2) is 7.53. The van der Waals surface area contributed by atoms with Crippen molar-refractivity contribution in [1.29, 1.82) is 0 Å². The highest BCUT2D eigenvalue weighted by Gasteiger charge is 2.15. The molecular weight excluding hydrogens is 256 g/mol. The van der Waals surface area contributed by atoms with E-state index < -0.39 is 11.7 Å². The molecule has 1 amide bonds. The van der Waals surface area contributed by atoms with Gasteiger partial charge in [-0.1, -0.05) is 6.08 Å². The van der Waals surface area contributed by atoms with Crippen molar-refractivity contribution in [2.24, 2.45) is 0 Å². The van der Waals surface area contributed by atoms with Crippen molar-refractivity contribution in [3.8, 4) is 5.75 Å². The Morgan fingerprint density at radius 3 is 2.85 bits per heavy atom. The van der Waals surface area contributed by atoms with Crippen LogP contribution in [0, 0.1) is 0 Å². The fraction of sp³-hybridized carbons (Fsp3) is 0.467. The van der Waals surface area contributed by atoms with Crippen molar-refractivity contribution in [2.75, 3.05) is 13.7 Å². The van der Waals surface area contributed by atoms with E-state index in [2.05, 4.69) is 10.3 Å². The summed E-state index contributed by atoms with van der Waals surface area (Å²) in [6.07, 6.45) is 5.80. The summed E-state index contributed by atoms with van der Waals surface area (Å²) < 4.78 is 10.3. The number of nitrogens with zero attached hydrogens (tertiary/aromatic N) is 1. The summed E-state index contributed by atoms with van der Waals surface area (Å²) in [7, 11) is 1.61. The van der Waals surface area contributed by atoms with Gasteiger partial charge in [-0.05, 0) is 45.4 Å². The largest absolute Gasteiger partial charge is 0.494 e. The maximum absolute atomic E-state index is 11.4. The maximum atomic E-state index is 11.4. The summed E-state index contributed by atoms with van der Waals surface area (Å²) in [5.41, 5.74) is 0.300. The van der Waals surface area contributed by atoms with E-state index in [1.165, 1.54) is 0 Å². The minimum absolute atomic E-state index is 0.402. The smallest absolute Gasteiger partial charge is 0.407 e. The zero-order valence-corrected chi connectivity index (χ0v) is 12.5. The number of methoxy groups -OCH3 is 1. The molecule has 1 rings (SSSR count). The Kier molecular flexibility index (Phi) is 6.03. The monoisotopic (exact) mass is 278 g/mol. The average Bonchev–Trinajstić information content (AvgIpc) is 2.36. The lowest BCUT2D eigenvalue weighted by molar-refractivity contribution is 0.0529. The Balaban J connectivity index is 2.34. The highest BCUT2D eigenvalue weighted by molar-refractivity contribution is 5.67. The second-order valence-corrected chi connectivity index (χ2v) is 5.21. The first-order valence-corrected chi connectivity index (χ1v) is 6.55. The average molecular weight is 278 g/mol. The van der Waals surface area contributed by atoms with Crippen LogP contribution in [0.3, 0.4) is 0 Å². The van der Waals surface area contributed by atoms with Crippen LogP contribution in [0.5, 0.6) is 5.75 Å². The summed E-state index contributed by atoms with van der Waals surface area (Å²) in [6.45, 7) is 6.01. The Bertz CT molecular complexity index is 464. The number of rotatable bonds is 5. The van der Waals surface area contributed by atoms with Crippen LogP contribution in [0.2, 0.25) is 0 Å². The van der Waals surface area contributed by atoms with Crippen molar-refractivity contribution in [3.63, 3.8) is 0 Å². The maximum Gasteiger partial charge on any atom is 0.407 e. The Hall–Kier alpha value is -2.04. The van der Waals surface area contributed by atoms with E-state index in [0.29, 0.717) is 13.0 Å². The molecule has 0 radical (unpaired) electrons. The van der Waals surface area contributed by atoms with Crippen molar-refractivity contribution >= 4 is 12.2 Å². The van der Waals surface area contributed by atoms with E-state index in [9.17, 15) is 4.79 Å². The van der Waals surface area contributed by atoms with E-state index in [0.717, 1.165) is 11.4 Å². The third kappa shape index (κ3) is 6.22. The molecule has 1 aromatic rings. The van der Waals surface area contributed by atoms with Crippen LogP contribution in [-0.4, -0.2) is 30.3 Å². The van der Waals surface area contributed by atoms with Gasteiger partial charge in [0.15, 0.2) is 0 Å². The lowest BCUT2D eigenvalue weighted by Crippen LogP contribution is -2.32. The number of pyridine rings is 1. The van der Waals surface area contributed by atoms with Gasteiger partial charge >= 0.3 is 6.09 Å². The normalized spacial score (nSPS) is 11.4. The Labute approximate surface area is 120 Å². The molecule has 0 aliphatic heterocycles. The standard InChI is InChI=1S/C15H22N2O3/c1-15(2,3)20-14(18)17-10-6-5-8-12-13(19-4)9-7-11-16-12/h5,7-9,11H,6,10H2,1-4H3,(H,17,18). The summed E-state index contributed by atoms with van der Waals surface area (Å²) in [6, 6.07) is 3.67. The number of carbonyl (C=O) groups is 1. The van der Waals surface area contributed by atoms with Gasteiger partial charge in [0.05, 0.1) is 7.11 Å². The van der Waals surface area contributed by atoms with E-state index in [1.54, 1.807) is 13.3 Å². The van der Waals surface area contributed by atoms with Crippen LogP contribution < -0.4 is 10.1 Å². The molecule has 0 aliphatic rings. The van der Waals surface area contributed by atoms with Crippen LogP contribution in [0.1, 0.15) is 32.9 Å². The molecule has 1 aromatic heterocycles. The number of hydrogen-bond donors (Lipinski definition) is 1. The number of amides is 1. The number of carbonyl (C=O) groups excluding carboxylic acids is 1. The number of hydrogen-bond acceptors (Lipinski definition) is 4. The minimum Gasteiger partial charge on any atom is -0.494 e. The number of ether oxygens (including phenoxy) is 2. The molecule has 0 fully saturated rings. The quantitative estimate of drug-likeness (QED) is 0.841. The van der Waals surface area contributed by atoms with Gasteiger partial charge in [-0.2, -0.15) is 0 Å². The van der Waals surface area contributed by atoms with Gasteiger partial charge in [-0.3, -0.25) is 4.98 Å². The van der Waals surface area contributed by atoms with Crippen LogP contribution >= 0.6 is 0 Å². The highest BCUT2D eigenvalue weighted by atomic mass is 16.6. The van der Waals surface area contributed by atoms with Crippen molar-refractivity contribution in [1.82, 2.24) is 10.3 Å². The number of aromatic nitrogens is 1. The first-order chi connectivity index (χ1) is 9.42. The van der Waals surface area contributed by atoms with Gasteiger partial charge in [-0.25, -0.2) is 4.79 Å². The Morgan fingerprint density at radius 1 is 1.45 bits per heavy atom. The molecule has 0 saturated carbocycles. The molecule has 1 heterocycles. The lowest BCUT2D eigenvalue weighted by Gasteiger charge is -2.19. The molecule has 0 spiro atoms. The van der Waals surface area contributed by atoms with Crippen LogP contribution in [0.25, 0.3) is 6.08 Å². The summed E-state index contributed by atoms with van der Waals surface area (Å²) in [5, 5.41) is 2.69. The topological polar surface area (TPSA) is 60.5 Å². The predicted octanol–water partition coefficient (Wildman–Crippen LogP) is 3.02. The van der Waals surface area contributed by atoms with E-state index >= 15 is 0 Å². The second-order valence-electron chi connectivity index (χ2n) is 5.21. The first kappa shape index (κ1) is 16.0. The van der Waals surface area contributed by atoms with Gasteiger partial charge in [0.1, 0.15) is 17.0 Å². The summed E-state index contributed by atoms with van der Waals surface area (Å²) in [5.74, 6) is 0.726. The minimum atomic E-state index is -0.471. The van der Waals surface area contributed by atoms with Crippen molar-refractivity contribution < 1.29 is 14.3 Å². The van der Waals surface area contributed by atoms with E-state index in [1.807, 2.05) is 45.1 Å². The molecule has 0 bridgehead atoms. The zero-order chi connectivity index (χ0) is 15.0. The SMILES string of the molecule is COc1cccnc1C=CCCNC(=O)OC(C)(C)C. The number of alkyl carbamates (subject to hydrolysis) is 1. The number of nitrogens with one attached hydrogen (secondary N) is 1.